The zero-order valence-corrected chi connectivity index (χ0v) is 3.53. The Morgan fingerprint density at radius 1 is 0.750 bits per heavy atom. The molecule has 0 aliphatic heterocycles. The fourth-order valence-corrected chi connectivity index (χ4v) is 0. The summed E-state index contributed by atoms with van der Waals surface area (Å²) in [5.74, 6) is 0. The molecule has 2 N–H and O–H groups in total. The van der Waals surface area contributed by atoms with Crippen LogP contribution < -0.4 is 0 Å². The van der Waals surface area contributed by atoms with Gasteiger partial charge in [-0.3, -0.25) is 10.5 Å². The summed E-state index contributed by atoms with van der Waals surface area (Å²) in [6.07, 6.45) is 0.500. The maximum Gasteiger partial charge on any atom is 0.373 e. The standard InChI is InChI=1S/2CO2.H2O2/c2*2-1-3;1-2/h;;1-2H. The van der Waals surface area contributed by atoms with Crippen molar-refractivity contribution in [3.8, 4) is 0 Å². The van der Waals surface area contributed by atoms with E-state index in [-0.39, 0.29) is 12.3 Å². The Kier molecular flexibility index (Phi) is 535. The van der Waals surface area contributed by atoms with E-state index in [1.807, 2.05) is 0 Å². The van der Waals surface area contributed by atoms with Crippen LogP contribution in [-0.2, 0) is 19.2 Å². The predicted molar refractivity (Wildman–Crippen MR) is 15.3 cm³/mol. The average Bonchev–Trinajstić information content (AvgIpc) is 1.75. The van der Waals surface area contributed by atoms with Crippen molar-refractivity contribution in [2.45, 2.75) is 0 Å². The topological polar surface area (TPSA) is 109 Å². The van der Waals surface area contributed by atoms with Gasteiger partial charge in [0.05, 0.1) is 0 Å². The van der Waals surface area contributed by atoms with Gasteiger partial charge in [0.15, 0.2) is 0 Å². The summed E-state index contributed by atoms with van der Waals surface area (Å²) in [5.41, 5.74) is 0. The van der Waals surface area contributed by atoms with Crippen LogP contribution in [0, 0.1) is 0 Å². The molecule has 0 saturated heterocycles. The summed E-state index contributed by atoms with van der Waals surface area (Å²) >= 11 is 0. The smallest absolute Gasteiger partial charge is 0.255 e. The van der Waals surface area contributed by atoms with Crippen molar-refractivity contribution in [1.29, 1.82) is 0 Å². The van der Waals surface area contributed by atoms with Gasteiger partial charge in [-0.1, -0.05) is 0 Å². The third-order valence-corrected chi connectivity index (χ3v) is 0. The minimum Gasteiger partial charge on any atom is -0.255 e. The molecule has 0 fully saturated rings. The molecule has 6 heteroatoms. The lowest BCUT2D eigenvalue weighted by Gasteiger charge is -1.25. The van der Waals surface area contributed by atoms with Crippen LogP contribution in [0.2, 0.25) is 0 Å². The van der Waals surface area contributed by atoms with Crippen LogP contribution in [0.1, 0.15) is 0 Å². The lowest BCUT2D eigenvalue weighted by Crippen LogP contribution is -1.29. The average molecular weight is 122 g/mol. The first-order chi connectivity index (χ1) is 3.83. The Morgan fingerprint density at radius 3 is 0.750 bits per heavy atom. The Morgan fingerprint density at radius 2 is 0.750 bits per heavy atom. The van der Waals surface area contributed by atoms with Gasteiger partial charge in [-0.25, -0.2) is 0 Å². The van der Waals surface area contributed by atoms with Crippen molar-refractivity contribution in [3.63, 3.8) is 0 Å². The highest BCUT2D eigenvalue weighted by atomic mass is 17.0. The molecule has 0 atom stereocenters. The van der Waals surface area contributed by atoms with Crippen LogP contribution in [-0.4, -0.2) is 22.8 Å². The summed E-state index contributed by atoms with van der Waals surface area (Å²) in [7, 11) is 0. The van der Waals surface area contributed by atoms with E-state index >= 15 is 0 Å². The van der Waals surface area contributed by atoms with E-state index in [0.717, 1.165) is 0 Å². The largest absolute Gasteiger partial charge is 0.373 e. The lowest BCUT2D eigenvalue weighted by atomic mass is 11.8. The van der Waals surface area contributed by atoms with Gasteiger partial charge in [-0.2, -0.15) is 19.2 Å². The Hall–Kier alpha value is -1.32. The van der Waals surface area contributed by atoms with Crippen molar-refractivity contribution >= 4 is 12.3 Å². The first-order valence-electron chi connectivity index (χ1n) is 1.02. The molecule has 0 aliphatic carbocycles. The first-order valence-corrected chi connectivity index (χ1v) is 1.02. The molecule has 0 heterocycles. The SMILES string of the molecule is O=C=O.O=C=O.OO. The number of hydrogen-bond acceptors (Lipinski definition) is 6. The number of hydrogen-bond donors (Lipinski definition) is 2. The molecule has 0 aromatic heterocycles. The van der Waals surface area contributed by atoms with Gasteiger partial charge in [0.1, 0.15) is 0 Å². The molecule has 46 valence electrons. The molecule has 8 heavy (non-hydrogen) atoms. The van der Waals surface area contributed by atoms with Gasteiger partial charge in [-0.05, 0) is 0 Å². The molecular formula is C2H2O6. The second kappa shape index (κ2) is 269. The zero-order valence-electron chi connectivity index (χ0n) is 3.53. The van der Waals surface area contributed by atoms with Crippen LogP contribution in [0.15, 0.2) is 0 Å². The third-order valence-electron chi connectivity index (χ3n) is 0. The zero-order chi connectivity index (χ0) is 7.41. The van der Waals surface area contributed by atoms with Crippen LogP contribution in [0.25, 0.3) is 0 Å². The fourth-order valence-electron chi connectivity index (χ4n) is 0. The van der Waals surface area contributed by atoms with Gasteiger partial charge in [-0.15, -0.1) is 0 Å². The molecular weight excluding hydrogens is 120 g/mol. The third kappa shape index (κ3) is 36.4. The lowest BCUT2D eigenvalue weighted by molar-refractivity contribution is -0.193. The second-order valence-electron chi connectivity index (χ2n) is 0.167. The van der Waals surface area contributed by atoms with Gasteiger partial charge in [0.2, 0.25) is 0 Å². The van der Waals surface area contributed by atoms with Crippen LogP contribution in [0.4, 0.5) is 0 Å². The normalized spacial score (nSPS) is 2.75. The van der Waals surface area contributed by atoms with E-state index < -0.39 is 0 Å². The van der Waals surface area contributed by atoms with Crippen LogP contribution in [0.5, 0.6) is 0 Å². The Labute approximate surface area is 43.3 Å². The maximum atomic E-state index is 8.12. The molecule has 6 nitrogen and oxygen atoms in total. The summed E-state index contributed by atoms with van der Waals surface area (Å²) < 4.78 is 0. The summed E-state index contributed by atoms with van der Waals surface area (Å²) in [5, 5.41) is 12.0. The molecule has 0 bridgehead atoms. The fraction of sp³-hybridized carbons (Fsp3) is 0. The highest BCUT2D eigenvalue weighted by molar-refractivity contribution is 5.20. The minimum absolute atomic E-state index is 0.250. The predicted octanol–water partition coefficient (Wildman–Crippen LogP) is -1.15. The van der Waals surface area contributed by atoms with Crippen LogP contribution in [0.3, 0.4) is 0 Å². The van der Waals surface area contributed by atoms with Crippen LogP contribution >= 0.6 is 0 Å². The quantitative estimate of drug-likeness (QED) is 0.310. The summed E-state index contributed by atoms with van der Waals surface area (Å²) in [4.78, 5) is 32.5. The molecule has 0 rings (SSSR count). The van der Waals surface area contributed by atoms with E-state index in [1.165, 1.54) is 0 Å². The van der Waals surface area contributed by atoms with E-state index in [4.69, 9.17) is 29.7 Å². The van der Waals surface area contributed by atoms with Gasteiger partial charge >= 0.3 is 12.3 Å². The molecule has 0 aromatic rings. The maximum absolute atomic E-state index is 8.12. The van der Waals surface area contributed by atoms with E-state index in [2.05, 4.69) is 0 Å². The molecule has 0 radical (unpaired) electrons. The van der Waals surface area contributed by atoms with E-state index in [9.17, 15) is 0 Å². The van der Waals surface area contributed by atoms with Gasteiger partial charge in [0, 0.05) is 0 Å². The van der Waals surface area contributed by atoms with Gasteiger partial charge < -0.3 is 0 Å². The van der Waals surface area contributed by atoms with Crippen molar-refractivity contribution in [1.82, 2.24) is 0 Å². The summed E-state index contributed by atoms with van der Waals surface area (Å²) in [6.45, 7) is 0. The van der Waals surface area contributed by atoms with Crippen molar-refractivity contribution < 1.29 is 29.7 Å². The summed E-state index contributed by atoms with van der Waals surface area (Å²) in [6, 6.07) is 0. The minimum atomic E-state index is 0.250. The number of carbonyl (C=O) groups excluding carboxylic acids is 4. The molecule has 0 aliphatic rings. The van der Waals surface area contributed by atoms with E-state index in [0.29, 0.717) is 0 Å². The first kappa shape index (κ1) is 15.9. The molecule has 0 unspecified atom stereocenters. The number of rotatable bonds is 0. The Bertz CT molecular complexity index is 60.5. The van der Waals surface area contributed by atoms with Crippen molar-refractivity contribution in [2.75, 3.05) is 0 Å². The van der Waals surface area contributed by atoms with E-state index in [1.54, 1.807) is 0 Å². The molecule has 0 amide bonds. The molecule has 0 aromatic carbocycles. The van der Waals surface area contributed by atoms with Gasteiger partial charge in [0.25, 0.3) is 0 Å². The highest BCUT2D eigenvalue weighted by Crippen LogP contribution is 0.790. The van der Waals surface area contributed by atoms with Crippen molar-refractivity contribution in [2.24, 2.45) is 0 Å². The molecule has 0 saturated carbocycles. The Balaban J connectivity index is -0.0000000483. The monoisotopic (exact) mass is 122 g/mol. The second-order valence-corrected chi connectivity index (χ2v) is 0.167. The highest BCUT2D eigenvalue weighted by Gasteiger charge is 1.13. The molecule has 0 spiro atoms. The van der Waals surface area contributed by atoms with Crippen molar-refractivity contribution in [3.05, 3.63) is 0 Å².